The molecule has 102 valence electrons. The van der Waals surface area contributed by atoms with Gasteiger partial charge in [-0.15, -0.1) is 10.2 Å². The second-order valence-corrected chi connectivity index (χ2v) is 4.64. The lowest BCUT2D eigenvalue weighted by Crippen LogP contribution is -2.35. The van der Waals surface area contributed by atoms with E-state index in [4.69, 9.17) is 0 Å². The van der Waals surface area contributed by atoms with Crippen LogP contribution in [0.1, 0.15) is 23.7 Å². The minimum Gasteiger partial charge on any atom is -0.328 e. The Kier molecular flexibility index (Phi) is 3.28. The first-order valence-corrected chi connectivity index (χ1v) is 6.61. The molecular weight excluding hydrogens is 254 g/mol. The molecule has 1 atom stereocenters. The van der Waals surface area contributed by atoms with Crippen LogP contribution in [0.15, 0.2) is 36.4 Å². The molecule has 0 aliphatic carbocycles. The van der Waals surface area contributed by atoms with Gasteiger partial charge in [0, 0.05) is 12.1 Å². The second-order valence-electron chi connectivity index (χ2n) is 4.64. The normalized spacial score (nSPS) is 17.6. The minimum atomic E-state index is 0.00208. The highest BCUT2D eigenvalue weighted by Gasteiger charge is 2.26. The van der Waals surface area contributed by atoms with Crippen LogP contribution in [0.2, 0.25) is 0 Å². The van der Waals surface area contributed by atoms with E-state index >= 15 is 0 Å². The first kappa shape index (κ1) is 12.5. The van der Waals surface area contributed by atoms with Gasteiger partial charge < -0.3 is 4.90 Å². The van der Waals surface area contributed by atoms with Gasteiger partial charge in [0.1, 0.15) is 0 Å². The third-order valence-corrected chi connectivity index (χ3v) is 3.48. The first-order valence-electron chi connectivity index (χ1n) is 6.61. The van der Waals surface area contributed by atoms with Crippen molar-refractivity contribution in [2.24, 2.45) is 0 Å². The maximum Gasteiger partial charge on any atom is 0.255 e. The predicted molar refractivity (Wildman–Crippen MR) is 73.9 cm³/mol. The van der Waals surface area contributed by atoms with E-state index in [-0.39, 0.29) is 11.9 Å². The van der Waals surface area contributed by atoms with Crippen molar-refractivity contribution in [3.63, 3.8) is 0 Å². The summed E-state index contributed by atoms with van der Waals surface area (Å²) in [6.07, 6.45) is 5.02. The Balaban J connectivity index is 1.97. The maximum atomic E-state index is 12.7. The van der Waals surface area contributed by atoms with E-state index in [1.807, 2.05) is 29.2 Å². The third-order valence-electron chi connectivity index (χ3n) is 3.48. The Hall–Kier alpha value is -2.50. The van der Waals surface area contributed by atoms with E-state index < -0.39 is 0 Å². The number of tetrazole rings is 1. The molecule has 0 bridgehead atoms. The van der Waals surface area contributed by atoms with Crippen LogP contribution in [-0.2, 0) is 0 Å². The first-order chi connectivity index (χ1) is 9.81. The Morgan fingerprint density at radius 2 is 2.30 bits per heavy atom. The highest BCUT2D eigenvalue weighted by atomic mass is 16.2. The van der Waals surface area contributed by atoms with Gasteiger partial charge in [-0.3, -0.25) is 4.79 Å². The van der Waals surface area contributed by atoms with E-state index in [0.717, 1.165) is 6.42 Å². The van der Waals surface area contributed by atoms with Gasteiger partial charge in [0.25, 0.3) is 5.91 Å². The van der Waals surface area contributed by atoms with Gasteiger partial charge in [-0.05, 0) is 17.7 Å². The maximum absolute atomic E-state index is 12.7. The van der Waals surface area contributed by atoms with Gasteiger partial charge in [-0.1, -0.05) is 37.3 Å². The molecule has 2 heterocycles. The molecule has 1 aliphatic heterocycles. The highest BCUT2D eigenvalue weighted by Crippen LogP contribution is 2.23. The van der Waals surface area contributed by atoms with Crippen LogP contribution in [0.3, 0.4) is 0 Å². The van der Waals surface area contributed by atoms with Crippen LogP contribution < -0.4 is 0 Å². The highest BCUT2D eigenvalue weighted by molar-refractivity contribution is 6.00. The zero-order valence-corrected chi connectivity index (χ0v) is 11.2. The predicted octanol–water partition coefficient (Wildman–Crippen LogP) is 1.66. The number of carbonyl (C=O) groups is 1. The quantitative estimate of drug-likeness (QED) is 0.860. The second kappa shape index (κ2) is 5.24. The smallest absolute Gasteiger partial charge is 0.255 e. The molecule has 0 fully saturated rings. The summed E-state index contributed by atoms with van der Waals surface area (Å²) >= 11 is 0. The third kappa shape index (κ3) is 2.09. The minimum absolute atomic E-state index is 0.00208. The summed E-state index contributed by atoms with van der Waals surface area (Å²) < 4.78 is 0. The zero-order chi connectivity index (χ0) is 13.9. The fourth-order valence-corrected chi connectivity index (χ4v) is 2.46. The number of aromatic amines is 1. The molecule has 1 aromatic heterocycles. The standard InChI is InChI=1S/C14H15N5O/c1-2-10-6-5-9-19(10)14(20)12-8-4-3-7-11(12)13-15-17-18-16-13/h3-8,10H,2,9H2,1H3,(H,15,16,17,18)/t10-/m0/s1. The van der Waals surface area contributed by atoms with E-state index in [9.17, 15) is 4.79 Å². The molecule has 1 N–H and O–H groups in total. The number of nitrogens with zero attached hydrogens (tertiary/aromatic N) is 4. The molecule has 6 nitrogen and oxygen atoms in total. The van der Waals surface area contributed by atoms with E-state index in [0.29, 0.717) is 23.5 Å². The summed E-state index contributed by atoms with van der Waals surface area (Å²) in [6, 6.07) is 7.52. The average Bonchev–Trinajstić information content (AvgIpc) is 3.17. The monoisotopic (exact) mass is 269 g/mol. The number of benzene rings is 1. The van der Waals surface area contributed by atoms with Crippen LogP contribution >= 0.6 is 0 Å². The number of carbonyl (C=O) groups excluding carboxylic acids is 1. The lowest BCUT2D eigenvalue weighted by Gasteiger charge is -2.24. The van der Waals surface area contributed by atoms with Crippen LogP contribution in [0.4, 0.5) is 0 Å². The Morgan fingerprint density at radius 3 is 3.05 bits per heavy atom. The number of hydrogen-bond acceptors (Lipinski definition) is 4. The van der Waals surface area contributed by atoms with Crippen molar-refractivity contribution in [3.8, 4) is 11.4 Å². The molecule has 0 saturated carbocycles. The molecule has 1 aromatic carbocycles. The Labute approximate surface area is 116 Å². The summed E-state index contributed by atoms with van der Waals surface area (Å²) in [6.45, 7) is 2.73. The van der Waals surface area contributed by atoms with E-state index in [1.165, 1.54) is 0 Å². The molecule has 0 unspecified atom stereocenters. The molecule has 1 amide bonds. The molecule has 0 radical (unpaired) electrons. The lowest BCUT2D eigenvalue weighted by molar-refractivity contribution is 0.0748. The Morgan fingerprint density at radius 1 is 1.45 bits per heavy atom. The molecule has 1 aliphatic rings. The fraction of sp³-hybridized carbons (Fsp3) is 0.286. The molecular formula is C14H15N5O. The molecule has 3 rings (SSSR count). The molecule has 0 saturated heterocycles. The Bertz CT molecular complexity index is 635. The topological polar surface area (TPSA) is 74.8 Å². The zero-order valence-electron chi connectivity index (χ0n) is 11.2. The van der Waals surface area contributed by atoms with Gasteiger partial charge in [-0.2, -0.15) is 5.21 Å². The van der Waals surface area contributed by atoms with Crippen molar-refractivity contribution < 1.29 is 4.79 Å². The molecule has 6 heteroatoms. The largest absolute Gasteiger partial charge is 0.328 e. The van der Waals surface area contributed by atoms with E-state index in [2.05, 4.69) is 33.6 Å². The average molecular weight is 269 g/mol. The van der Waals surface area contributed by atoms with Gasteiger partial charge in [0.2, 0.25) is 5.82 Å². The van der Waals surface area contributed by atoms with Crippen molar-refractivity contribution in [3.05, 3.63) is 42.0 Å². The van der Waals surface area contributed by atoms with Crippen molar-refractivity contribution >= 4 is 5.91 Å². The van der Waals surface area contributed by atoms with Gasteiger partial charge in [-0.25, -0.2) is 0 Å². The summed E-state index contributed by atoms with van der Waals surface area (Å²) in [5, 5.41) is 13.9. The van der Waals surface area contributed by atoms with Crippen molar-refractivity contribution in [2.45, 2.75) is 19.4 Å². The molecule has 2 aromatic rings. The lowest BCUT2D eigenvalue weighted by atomic mass is 10.0. The van der Waals surface area contributed by atoms with Gasteiger partial charge in [0.15, 0.2) is 0 Å². The summed E-state index contributed by atoms with van der Waals surface area (Å²) in [4.78, 5) is 14.6. The summed E-state index contributed by atoms with van der Waals surface area (Å²) in [5.41, 5.74) is 1.31. The number of hydrogen-bond donors (Lipinski definition) is 1. The van der Waals surface area contributed by atoms with Crippen LogP contribution in [-0.4, -0.2) is 44.0 Å². The number of rotatable bonds is 3. The van der Waals surface area contributed by atoms with Crippen molar-refractivity contribution in [1.29, 1.82) is 0 Å². The molecule has 0 spiro atoms. The number of amides is 1. The summed E-state index contributed by atoms with van der Waals surface area (Å²) in [7, 11) is 0. The van der Waals surface area contributed by atoms with Crippen LogP contribution in [0.5, 0.6) is 0 Å². The number of H-pyrrole nitrogens is 1. The summed E-state index contributed by atoms with van der Waals surface area (Å²) in [5.74, 6) is 0.441. The van der Waals surface area contributed by atoms with Gasteiger partial charge >= 0.3 is 0 Å². The van der Waals surface area contributed by atoms with E-state index in [1.54, 1.807) is 6.07 Å². The number of aromatic nitrogens is 4. The SMILES string of the molecule is CC[C@H]1C=CCN1C(=O)c1ccccc1-c1nn[nH]n1. The van der Waals surface area contributed by atoms with Crippen molar-refractivity contribution in [2.75, 3.05) is 6.54 Å². The van der Waals surface area contributed by atoms with Crippen LogP contribution in [0.25, 0.3) is 11.4 Å². The van der Waals surface area contributed by atoms with Gasteiger partial charge in [0.05, 0.1) is 11.6 Å². The van der Waals surface area contributed by atoms with Crippen molar-refractivity contribution in [1.82, 2.24) is 25.5 Å². The number of nitrogens with one attached hydrogen (secondary N) is 1. The van der Waals surface area contributed by atoms with Crippen LogP contribution in [0, 0.1) is 0 Å². The fourth-order valence-electron chi connectivity index (χ4n) is 2.46. The molecule has 20 heavy (non-hydrogen) atoms.